The summed E-state index contributed by atoms with van der Waals surface area (Å²) in [5.74, 6) is 1.35. The number of hydrogen-bond acceptors (Lipinski definition) is 4. The highest BCUT2D eigenvalue weighted by Gasteiger charge is 2.28. The van der Waals surface area contributed by atoms with Gasteiger partial charge in [0.1, 0.15) is 0 Å². The van der Waals surface area contributed by atoms with E-state index in [0.717, 1.165) is 69.0 Å². The number of para-hydroxylation sites is 2. The number of piperidine rings is 2. The molecule has 37 heavy (non-hydrogen) atoms. The van der Waals surface area contributed by atoms with Crippen molar-refractivity contribution in [3.63, 3.8) is 0 Å². The molecule has 0 unspecified atom stereocenters. The molecule has 2 aromatic carbocycles. The number of amides is 1. The van der Waals surface area contributed by atoms with Crippen LogP contribution >= 0.6 is 0 Å². The quantitative estimate of drug-likeness (QED) is 0.421. The Balaban J connectivity index is 1.17. The third-order valence-electron chi connectivity index (χ3n) is 8.64. The molecule has 0 spiro atoms. The molecule has 2 aliphatic heterocycles. The third-order valence-corrected chi connectivity index (χ3v) is 8.64. The Morgan fingerprint density at radius 1 is 0.973 bits per heavy atom. The summed E-state index contributed by atoms with van der Waals surface area (Å²) in [6.07, 6.45) is 6.72. The van der Waals surface area contributed by atoms with E-state index in [1.165, 1.54) is 30.4 Å². The Bertz CT molecular complexity index is 1190. The molecule has 5 rings (SSSR count). The first-order valence-corrected chi connectivity index (χ1v) is 14.3. The van der Waals surface area contributed by atoms with Crippen LogP contribution in [0, 0.1) is 12.8 Å². The predicted molar refractivity (Wildman–Crippen MR) is 152 cm³/mol. The van der Waals surface area contributed by atoms with Crippen LogP contribution in [0.4, 0.5) is 5.95 Å². The van der Waals surface area contributed by atoms with E-state index in [1.807, 2.05) is 0 Å². The lowest BCUT2D eigenvalue weighted by molar-refractivity contribution is -0.125. The number of aryl methyl sites for hydroxylation is 1. The molecule has 198 valence electrons. The first-order chi connectivity index (χ1) is 18.0. The second-order valence-corrected chi connectivity index (χ2v) is 11.2. The van der Waals surface area contributed by atoms with Crippen molar-refractivity contribution in [3.05, 3.63) is 59.7 Å². The number of hydrogen-bond donors (Lipinski definition) is 1. The molecular formula is C31H43N5O. The van der Waals surface area contributed by atoms with Gasteiger partial charge in [0.25, 0.3) is 0 Å². The number of imidazole rings is 1. The average molecular weight is 502 g/mol. The van der Waals surface area contributed by atoms with Crippen LogP contribution in [0.1, 0.15) is 63.5 Å². The van der Waals surface area contributed by atoms with Crippen molar-refractivity contribution in [1.82, 2.24) is 19.8 Å². The second-order valence-electron chi connectivity index (χ2n) is 11.2. The number of nitrogens with one attached hydrogen (secondary N) is 1. The molecule has 2 saturated heterocycles. The predicted octanol–water partition coefficient (Wildman–Crippen LogP) is 5.38. The van der Waals surface area contributed by atoms with Crippen molar-refractivity contribution in [1.29, 1.82) is 0 Å². The van der Waals surface area contributed by atoms with Gasteiger partial charge in [0.2, 0.25) is 11.9 Å². The fourth-order valence-corrected chi connectivity index (χ4v) is 6.29. The van der Waals surface area contributed by atoms with E-state index < -0.39 is 0 Å². The third kappa shape index (κ3) is 5.85. The van der Waals surface area contributed by atoms with E-state index in [-0.39, 0.29) is 11.8 Å². The molecule has 2 aliphatic rings. The van der Waals surface area contributed by atoms with Gasteiger partial charge in [-0.2, -0.15) is 0 Å². The maximum absolute atomic E-state index is 12.9. The Kier molecular flexibility index (Phi) is 8.14. The van der Waals surface area contributed by atoms with Crippen molar-refractivity contribution in [3.8, 4) is 0 Å². The number of carbonyl (C=O) groups excluding carboxylic acids is 1. The van der Waals surface area contributed by atoms with Gasteiger partial charge in [0, 0.05) is 44.2 Å². The number of likely N-dealkylation sites (tertiary alicyclic amines) is 1. The normalized spacial score (nSPS) is 21.4. The van der Waals surface area contributed by atoms with Crippen molar-refractivity contribution >= 4 is 22.9 Å². The number of aromatic nitrogens is 2. The van der Waals surface area contributed by atoms with Gasteiger partial charge < -0.3 is 14.8 Å². The summed E-state index contributed by atoms with van der Waals surface area (Å²) in [7, 11) is 0. The summed E-state index contributed by atoms with van der Waals surface area (Å²) in [5, 5.41) is 3.24. The van der Waals surface area contributed by atoms with Crippen LogP contribution in [0.25, 0.3) is 11.0 Å². The molecule has 0 aliphatic carbocycles. The molecule has 1 amide bonds. The van der Waals surface area contributed by atoms with Gasteiger partial charge in [-0.3, -0.25) is 9.69 Å². The fraction of sp³-hybridized carbons (Fsp3) is 0.548. The van der Waals surface area contributed by atoms with E-state index >= 15 is 0 Å². The molecule has 0 radical (unpaired) electrons. The van der Waals surface area contributed by atoms with Gasteiger partial charge in [-0.05, 0) is 76.1 Å². The van der Waals surface area contributed by atoms with E-state index in [1.54, 1.807) is 0 Å². The minimum Gasteiger partial charge on any atom is -0.356 e. The van der Waals surface area contributed by atoms with Crippen molar-refractivity contribution in [2.45, 2.75) is 77.9 Å². The zero-order valence-electron chi connectivity index (χ0n) is 22.8. The number of benzene rings is 2. The van der Waals surface area contributed by atoms with E-state index in [2.05, 4.69) is 89.0 Å². The zero-order valence-corrected chi connectivity index (χ0v) is 22.8. The summed E-state index contributed by atoms with van der Waals surface area (Å²) in [6, 6.07) is 18.3. The highest BCUT2D eigenvalue weighted by molar-refractivity contribution is 5.80. The topological polar surface area (TPSA) is 53.4 Å². The molecule has 2 fully saturated rings. The lowest BCUT2D eigenvalue weighted by Gasteiger charge is -2.39. The highest BCUT2D eigenvalue weighted by Crippen LogP contribution is 2.28. The van der Waals surface area contributed by atoms with Crippen LogP contribution in [0.15, 0.2) is 48.5 Å². The molecule has 3 aromatic rings. The monoisotopic (exact) mass is 501 g/mol. The lowest BCUT2D eigenvalue weighted by Crippen LogP contribution is -2.45. The first kappa shape index (κ1) is 25.8. The molecule has 0 bridgehead atoms. The average Bonchev–Trinajstić information content (AvgIpc) is 3.27. The number of anilines is 1. The fourth-order valence-electron chi connectivity index (χ4n) is 6.29. The number of carbonyl (C=O) groups is 1. The Morgan fingerprint density at radius 3 is 2.43 bits per heavy atom. The van der Waals surface area contributed by atoms with Crippen LogP contribution in [0.2, 0.25) is 0 Å². The van der Waals surface area contributed by atoms with Gasteiger partial charge in [-0.25, -0.2) is 4.98 Å². The minimum absolute atomic E-state index is 0.0956. The summed E-state index contributed by atoms with van der Waals surface area (Å²) in [4.78, 5) is 23.0. The highest BCUT2D eigenvalue weighted by atomic mass is 16.1. The smallest absolute Gasteiger partial charge is 0.223 e. The molecule has 1 N–H and O–H groups in total. The SMILES string of the molecule is Cc1ccccc1Cn1c(N2CCC(C(=O)NCCCN3[C@H](C)CCC[C@@H]3C)CC2)nc2ccccc21. The summed E-state index contributed by atoms with van der Waals surface area (Å²) in [5.41, 5.74) is 4.81. The van der Waals surface area contributed by atoms with Gasteiger partial charge in [0.15, 0.2) is 0 Å². The Labute approximate surface area is 222 Å². The largest absolute Gasteiger partial charge is 0.356 e. The van der Waals surface area contributed by atoms with Crippen molar-refractivity contribution in [2.75, 3.05) is 31.1 Å². The standard InChI is InChI=1S/C31H43N5O/c1-23-10-4-5-13-27(23)22-36-29-15-7-6-14-28(29)33-31(36)34-20-16-26(17-21-34)30(37)32-18-9-19-35-24(2)11-8-12-25(35)3/h4-7,10,13-15,24-26H,8-9,11-12,16-22H2,1-3H3,(H,32,37)/t24-,25+. The van der Waals surface area contributed by atoms with Crippen LogP contribution in [-0.2, 0) is 11.3 Å². The lowest BCUT2D eigenvalue weighted by atomic mass is 9.96. The van der Waals surface area contributed by atoms with Crippen molar-refractivity contribution in [2.24, 2.45) is 5.92 Å². The summed E-state index contributed by atoms with van der Waals surface area (Å²) >= 11 is 0. The van der Waals surface area contributed by atoms with E-state index in [4.69, 9.17) is 4.98 Å². The molecule has 0 saturated carbocycles. The van der Waals surface area contributed by atoms with Gasteiger partial charge in [-0.1, -0.05) is 42.8 Å². The maximum Gasteiger partial charge on any atom is 0.223 e. The molecule has 1 aromatic heterocycles. The Hall–Kier alpha value is -2.86. The molecule has 2 atom stereocenters. The molecule has 6 heteroatoms. The molecular weight excluding hydrogens is 458 g/mol. The van der Waals surface area contributed by atoms with E-state index in [9.17, 15) is 4.79 Å². The minimum atomic E-state index is 0.0956. The second kappa shape index (κ2) is 11.7. The summed E-state index contributed by atoms with van der Waals surface area (Å²) in [6.45, 7) is 11.2. The first-order valence-electron chi connectivity index (χ1n) is 14.3. The van der Waals surface area contributed by atoms with Gasteiger partial charge in [-0.15, -0.1) is 0 Å². The van der Waals surface area contributed by atoms with Crippen LogP contribution in [0.3, 0.4) is 0 Å². The van der Waals surface area contributed by atoms with E-state index in [0.29, 0.717) is 12.1 Å². The molecule has 3 heterocycles. The molecule has 6 nitrogen and oxygen atoms in total. The zero-order chi connectivity index (χ0) is 25.8. The van der Waals surface area contributed by atoms with Crippen LogP contribution in [0.5, 0.6) is 0 Å². The summed E-state index contributed by atoms with van der Waals surface area (Å²) < 4.78 is 2.35. The Morgan fingerprint density at radius 2 is 1.68 bits per heavy atom. The maximum atomic E-state index is 12.9. The van der Waals surface area contributed by atoms with Crippen molar-refractivity contribution < 1.29 is 4.79 Å². The van der Waals surface area contributed by atoms with Gasteiger partial charge >= 0.3 is 0 Å². The van der Waals surface area contributed by atoms with Gasteiger partial charge in [0.05, 0.1) is 17.6 Å². The van der Waals surface area contributed by atoms with Crippen LogP contribution < -0.4 is 10.2 Å². The number of fused-ring (bicyclic) bond motifs is 1. The number of rotatable bonds is 8. The number of nitrogens with zero attached hydrogens (tertiary/aromatic N) is 4. The van der Waals surface area contributed by atoms with Crippen LogP contribution in [-0.4, -0.2) is 58.6 Å².